The number of anilines is 1. The first-order valence-electron chi connectivity index (χ1n) is 6.81. The van der Waals surface area contributed by atoms with Gasteiger partial charge in [0.1, 0.15) is 5.69 Å². The maximum atomic E-state index is 12.1. The van der Waals surface area contributed by atoms with Crippen LogP contribution in [0.25, 0.3) is 11.3 Å². The van der Waals surface area contributed by atoms with E-state index in [9.17, 15) is 14.7 Å². The molecule has 0 saturated carbocycles. The third kappa shape index (κ3) is 2.96. The van der Waals surface area contributed by atoms with Gasteiger partial charge in [-0.25, -0.2) is 4.79 Å². The zero-order valence-corrected chi connectivity index (χ0v) is 11.9. The third-order valence-corrected chi connectivity index (χ3v) is 3.22. The molecule has 3 aromatic rings. The van der Waals surface area contributed by atoms with E-state index < -0.39 is 11.9 Å². The predicted octanol–water partition coefficient (Wildman–Crippen LogP) is 3.29. The summed E-state index contributed by atoms with van der Waals surface area (Å²) in [4.78, 5) is 23.7. The highest BCUT2D eigenvalue weighted by Crippen LogP contribution is 2.29. The molecule has 1 heterocycles. The van der Waals surface area contributed by atoms with E-state index in [2.05, 4.69) is 10.5 Å². The lowest BCUT2D eigenvalue weighted by atomic mass is 10.1. The Morgan fingerprint density at radius 1 is 0.957 bits per heavy atom. The fourth-order valence-corrected chi connectivity index (χ4v) is 2.13. The molecule has 2 N–H and O–H groups in total. The van der Waals surface area contributed by atoms with E-state index in [1.54, 1.807) is 54.6 Å². The Kier molecular flexibility index (Phi) is 3.88. The summed E-state index contributed by atoms with van der Waals surface area (Å²) in [7, 11) is 0. The van der Waals surface area contributed by atoms with Crippen LogP contribution >= 0.6 is 0 Å². The molecule has 6 heteroatoms. The molecule has 1 amide bonds. The molecule has 0 aliphatic carbocycles. The second-order valence-electron chi connectivity index (χ2n) is 4.73. The average Bonchev–Trinajstić information content (AvgIpc) is 3.00. The second kappa shape index (κ2) is 6.15. The number of rotatable bonds is 4. The molecular weight excluding hydrogens is 296 g/mol. The van der Waals surface area contributed by atoms with E-state index in [1.807, 2.05) is 6.07 Å². The van der Waals surface area contributed by atoms with Gasteiger partial charge in [0, 0.05) is 11.1 Å². The van der Waals surface area contributed by atoms with Crippen LogP contribution in [-0.2, 0) is 0 Å². The van der Waals surface area contributed by atoms with Gasteiger partial charge in [0.15, 0.2) is 5.56 Å². The molecule has 23 heavy (non-hydrogen) atoms. The SMILES string of the molecule is O=C(Nc1onc(-c2ccccc2)c1C(=O)O)c1ccccc1. The van der Waals surface area contributed by atoms with E-state index in [-0.39, 0.29) is 17.1 Å². The van der Waals surface area contributed by atoms with E-state index in [4.69, 9.17) is 4.52 Å². The normalized spacial score (nSPS) is 10.3. The summed E-state index contributed by atoms with van der Waals surface area (Å²) >= 11 is 0. The fraction of sp³-hybridized carbons (Fsp3) is 0. The Bertz CT molecular complexity index is 842. The van der Waals surface area contributed by atoms with Gasteiger partial charge in [0.25, 0.3) is 5.91 Å². The number of amides is 1. The summed E-state index contributed by atoms with van der Waals surface area (Å²) in [5, 5.41) is 15.7. The first-order valence-corrected chi connectivity index (χ1v) is 6.81. The van der Waals surface area contributed by atoms with Gasteiger partial charge in [-0.05, 0) is 12.1 Å². The predicted molar refractivity (Wildman–Crippen MR) is 83.3 cm³/mol. The number of aromatic carboxylic acids is 1. The first-order chi connectivity index (χ1) is 11.2. The molecule has 0 bridgehead atoms. The largest absolute Gasteiger partial charge is 0.477 e. The molecule has 0 atom stereocenters. The van der Waals surface area contributed by atoms with Crippen molar-refractivity contribution < 1.29 is 19.2 Å². The lowest BCUT2D eigenvalue weighted by Gasteiger charge is -2.02. The smallest absolute Gasteiger partial charge is 0.343 e. The number of carboxylic acid groups (broad SMARTS) is 1. The molecule has 114 valence electrons. The number of aromatic nitrogens is 1. The van der Waals surface area contributed by atoms with Gasteiger partial charge in [0.05, 0.1) is 0 Å². The molecule has 0 spiro atoms. The number of nitrogens with one attached hydrogen (secondary N) is 1. The van der Waals surface area contributed by atoms with Crippen LogP contribution in [0.15, 0.2) is 65.2 Å². The summed E-state index contributed by atoms with van der Waals surface area (Å²) in [6, 6.07) is 17.2. The van der Waals surface area contributed by atoms with Crippen LogP contribution in [0.1, 0.15) is 20.7 Å². The quantitative estimate of drug-likeness (QED) is 0.771. The minimum Gasteiger partial charge on any atom is -0.477 e. The van der Waals surface area contributed by atoms with E-state index in [0.29, 0.717) is 11.1 Å². The van der Waals surface area contributed by atoms with Gasteiger partial charge in [-0.2, -0.15) is 0 Å². The molecule has 0 aliphatic heterocycles. The zero-order valence-electron chi connectivity index (χ0n) is 11.9. The molecule has 0 fully saturated rings. The number of benzene rings is 2. The van der Waals surface area contributed by atoms with Crippen LogP contribution in [0, 0.1) is 0 Å². The van der Waals surface area contributed by atoms with Crippen molar-refractivity contribution in [2.24, 2.45) is 0 Å². The zero-order chi connectivity index (χ0) is 16.2. The van der Waals surface area contributed by atoms with Crippen molar-refractivity contribution in [1.82, 2.24) is 5.16 Å². The fourth-order valence-electron chi connectivity index (χ4n) is 2.13. The van der Waals surface area contributed by atoms with Crippen molar-refractivity contribution in [2.75, 3.05) is 5.32 Å². The Labute approximate surface area is 131 Å². The minimum absolute atomic E-state index is 0.168. The maximum Gasteiger partial charge on any atom is 0.343 e. The van der Waals surface area contributed by atoms with Crippen molar-refractivity contribution >= 4 is 17.8 Å². The standard InChI is InChI=1S/C17H12N2O4/c20-15(12-9-5-2-6-10-12)18-16-13(17(21)22)14(19-23-16)11-7-3-1-4-8-11/h1-10H,(H,18,20)(H,21,22). The van der Waals surface area contributed by atoms with Crippen LogP contribution in [0.3, 0.4) is 0 Å². The monoisotopic (exact) mass is 308 g/mol. The lowest BCUT2D eigenvalue weighted by molar-refractivity contribution is 0.0698. The highest BCUT2D eigenvalue weighted by molar-refractivity contribution is 6.08. The Hall–Kier alpha value is -3.41. The average molecular weight is 308 g/mol. The molecule has 0 radical (unpaired) electrons. The van der Waals surface area contributed by atoms with Gasteiger partial charge >= 0.3 is 5.97 Å². The van der Waals surface area contributed by atoms with Crippen molar-refractivity contribution in [3.05, 3.63) is 71.8 Å². The van der Waals surface area contributed by atoms with Gasteiger partial charge in [-0.15, -0.1) is 0 Å². The van der Waals surface area contributed by atoms with Crippen molar-refractivity contribution in [3.63, 3.8) is 0 Å². The van der Waals surface area contributed by atoms with Gasteiger partial charge in [-0.1, -0.05) is 53.7 Å². The molecule has 0 saturated heterocycles. The van der Waals surface area contributed by atoms with Crippen molar-refractivity contribution in [3.8, 4) is 11.3 Å². The van der Waals surface area contributed by atoms with Crippen LogP contribution < -0.4 is 5.32 Å². The summed E-state index contributed by atoms with van der Waals surface area (Å²) in [5.74, 6) is -1.89. The molecule has 6 nitrogen and oxygen atoms in total. The third-order valence-electron chi connectivity index (χ3n) is 3.22. The number of hydrogen-bond acceptors (Lipinski definition) is 4. The summed E-state index contributed by atoms with van der Waals surface area (Å²) < 4.78 is 5.04. The molecule has 0 aliphatic rings. The van der Waals surface area contributed by atoms with Crippen LogP contribution in [0.5, 0.6) is 0 Å². The Morgan fingerprint density at radius 2 is 1.57 bits per heavy atom. The van der Waals surface area contributed by atoms with Gasteiger partial charge in [-0.3, -0.25) is 10.1 Å². The van der Waals surface area contributed by atoms with E-state index in [0.717, 1.165) is 0 Å². The van der Waals surface area contributed by atoms with Crippen molar-refractivity contribution in [1.29, 1.82) is 0 Å². The van der Waals surface area contributed by atoms with E-state index in [1.165, 1.54) is 0 Å². The summed E-state index contributed by atoms with van der Waals surface area (Å²) in [5.41, 5.74) is 0.970. The van der Waals surface area contributed by atoms with Crippen LogP contribution in [0.2, 0.25) is 0 Å². The minimum atomic E-state index is -1.23. The topological polar surface area (TPSA) is 92.4 Å². The van der Waals surface area contributed by atoms with E-state index >= 15 is 0 Å². The number of nitrogens with zero attached hydrogens (tertiary/aromatic N) is 1. The van der Waals surface area contributed by atoms with Gasteiger partial charge in [0.2, 0.25) is 5.88 Å². The number of carbonyl (C=O) groups excluding carboxylic acids is 1. The maximum absolute atomic E-state index is 12.1. The molecule has 3 rings (SSSR count). The highest BCUT2D eigenvalue weighted by atomic mass is 16.5. The number of carboxylic acids is 1. The van der Waals surface area contributed by atoms with Crippen molar-refractivity contribution in [2.45, 2.75) is 0 Å². The van der Waals surface area contributed by atoms with Crippen LogP contribution in [0.4, 0.5) is 5.88 Å². The summed E-state index contributed by atoms with van der Waals surface area (Å²) in [6.45, 7) is 0. The Morgan fingerprint density at radius 3 is 2.17 bits per heavy atom. The molecule has 0 unspecified atom stereocenters. The number of hydrogen-bond donors (Lipinski definition) is 2. The summed E-state index contributed by atoms with van der Waals surface area (Å²) in [6.07, 6.45) is 0. The second-order valence-corrected chi connectivity index (χ2v) is 4.73. The molecule has 2 aromatic carbocycles. The number of carbonyl (C=O) groups is 2. The molecule has 1 aromatic heterocycles. The highest BCUT2D eigenvalue weighted by Gasteiger charge is 2.25. The van der Waals surface area contributed by atoms with Gasteiger partial charge < -0.3 is 9.63 Å². The van der Waals surface area contributed by atoms with Crippen LogP contribution in [-0.4, -0.2) is 22.1 Å². The lowest BCUT2D eigenvalue weighted by Crippen LogP contribution is -2.13. The Balaban J connectivity index is 1.96. The first kappa shape index (κ1) is 14.5. The molecular formula is C17H12N2O4.